The van der Waals surface area contributed by atoms with Crippen LogP contribution in [0.1, 0.15) is 40.3 Å². The molecule has 3 fully saturated rings. The van der Waals surface area contributed by atoms with E-state index in [1.165, 1.54) is 6.42 Å². The van der Waals surface area contributed by atoms with E-state index in [9.17, 15) is 9.59 Å². The van der Waals surface area contributed by atoms with Gasteiger partial charge in [0, 0.05) is 49.9 Å². The molecule has 3 unspecified atom stereocenters. The molecule has 5 heterocycles. The Morgan fingerprint density at radius 3 is 2.85 bits per heavy atom. The van der Waals surface area contributed by atoms with Crippen molar-refractivity contribution in [2.75, 3.05) is 32.7 Å². The van der Waals surface area contributed by atoms with E-state index in [4.69, 9.17) is 4.42 Å². The third-order valence-corrected chi connectivity index (χ3v) is 5.79. The molecule has 5 rings (SSSR count). The zero-order chi connectivity index (χ0) is 17.7. The number of aromatic nitrogens is 1. The molecule has 3 aliphatic rings. The fourth-order valence-electron chi connectivity index (χ4n) is 4.26. The lowest BCUT2D eigenvalue weighted by atomic mass is 9.97. The molecule has 0 radical (unpaired) electrons. The van der Waals surface area contributed by atoms with Gasteiger partial charge in [0.2, 0.25) is 0 Å². The van der Waals surface area contributed by atoms with Gasteiger partial charge in [-0.1, -0.05) is 0 Å². The van der Waals surface area contributed by atoms with Gasteiger partial charge in [-0.2, -0.15) is 0 Å². The highest BCUT2D eigenvalue weighted by atomic mass is 16.3. The highest BCUT2D eigenvalue weighted by Gasteiger charge is 2.33. The Bertz CT molecular complexity index is 861. The molecular weight excluding hydrogens is 332 g/mol. The Morgan fingerprint density at radius 1 is 1.19 bits per heavy atom. The number of furan rings is 1. The molecule has 136 valence electrons. The van der Waals surface area contributed by atoms with Crippen molar-refractivity contribution >= 4 is 22.8 Å². The highest BCUT2D eigenvalue weighted by molar-refractivity contribution is 5.99. The van der Waals surface area contributed by atoms with Gasteiger partial charge in [0.05, 0.1) is 0 Å². The van der Waals surface area contributed by atoms with Crippen LogP contribution in [0.2, 0.25) is 0 Å². The van der Waals surface area contributed by atoms with Gasteiger partial charge < -0.3 is 19.5 Å². The number of hydrogen-bond donors (Lipinski definition) is 1. The predicted octanol–water partition coefficient (Wildman–Crippen LogP) is 1.50. The molecule has 7 heteroatoms. The summed E-state index contributed by atoms with van der Waals surface area (Å²) >= 11 is 0. The van der Waals surface area contributed by atoms with Gasteiger partial charge in [0.15, 0.2) is 5.76 Å². The molecular formula is C19H22N4O3. The maximum atomic E-state index is 12.6. The van der Waals surface area contributed by atoms with Gasteiger partial charge in [-0.3, -0.25) is 14.6 Å². The minimum atomic E-state index is -0.175. The number of amides is 2. The van der Waals surface area contributed by atoms with E-state index in [2.05, 4.69) is 15.2 Å². The number of piperidine rings is 1. The predicted molar refractivity (Wildman–Crippen MR) is 94.9 cm³/mol. The summed E-state index contributed by atoms with van der Waals surface area (Å²) < 4.78 is 5.69. The third-order valence-electron chi connectivity index (χ3n) is 5.79. The first-order chi connectivity index (χ1) is 12.7. The number of rotatable bonds is 3. The van der Waals surface area contributed by atoms with Crippen molar-refractivity contribution in [2.24, 2.45) is 5.92 Å². The lowest BCUT2D eigenvalue weighted by molar-refractivity contribution is 0.0621. The molecule has 2 aromatic rings. The van der Waals surface area contributed by atoms with Crippen LogP contribution in [0.15, 0.2) is 22.7 Å². The lowest BCUT2D eigenvalue weighted by Gasteiger charge is -2.30. The molecule has 3 aliphatic heterocycles. The smallest absolute Gasteiger partial charge is 0.289 e. The number of fused-ring (bicyclic) bond motifs is 3. The fourth-order valence-corrected chi connectivity index (χ4v) is 4.26. The van der Waals surface area contributed by atoms with Crippen molar-refractivity contribution < 1.29 is 14.0 Å². The Morgan fingerprint density at radius 2 is 2.08 bits per heavy atom. The average molecular weight is 354 g/mol. The summed E-state index contributed by atoms with van der Waals surface area (Å²) in [4.78, 5) is 33.3. The van der Waals surface area contributed by atoms with Gasteiger partial charge in [-0.25, -0.2) is 0 Å². The van der Waals surface area contributed by atoms with Gasteiger partial charge in [0.1, 0.15) is 11.3 Å². The second kappa shape index (κ2) is 6.09. The first kappa shape index (κ1) is 15.8. The van der Waals surface area contributed by atoms with Crippen LogP contribution in [0.25, 0.3) is 11.0 Å². The van der Waals surface area contributed by atoms with Crippen LogP contribution >= 0.6 is 0 Å². The molecule has 1 N–H and O–H groups in total. The zero-order valence-electron chi connectivity index (χ0n) is 14.6. The molecule has 2 aromatic heterocycles. The van der Waals surface area contributed by atoms with Crippen molar-refractivity contribution in [3.63, 3.8) is 0 Å². The number of nitrogens with one attached hydrogen (secondary N) is 1. The summed E-state index contributed by atoms with van der Waals surface area (Å²) in [6, 6.07) is 3.52. The quantitative estimate of drug-likeness (QED) is 0.904. The standard InChI is InChI=1S/C19H22N4O3/c24-18(21-14-6-12-2-5-22(10-12)11-14)15-8-16-13(9-20-15)7-17(26-16)19(25)23-3-1-4-23/h7-9,12,14H,1-6,10-11H2,(H,21,24). The van der Waals surface area contributed by atoms with Crippen molar-refractivity contribution in [3.8, 4) is 0 Å². The van der Waals surface area contributed by atoms with Crippen molar-refractivity contribution in [2.45, 2.75) is 25.3 Å². The zero-order valence-corrected chi connectivity index (χ0v) is 14.6. The summed E-state index contributed by atoms with van der Waals surface area (Å²) in [5.41, 5.74) is 0.865. The van der Waals surface area contributed by atoms with Crippen LogP contribution in [-0.4, -0.2) is 65.4 Å². The largest absolute Gasteiger partial charge is 0.451 e. The van der Waals surface area contributed by atoms with Crippen LogP contribution < -0.4 is 5.32 Å². The van der Waals surface area contributed by atoms with E-state index in [1.807, 2.05) is 0 Å². The number of hydrogen-bond acceptors (Lipinski definition) is 5. The molecule has 7 nitrogen and oxygen atoms in total. The summed E-state index contributed by atoms with van der Waals surface area (Å²) in [5.74, 6) is 0.747. The van der Waals surface area contributed by atoms with Crippen LogP contribution in [0.3, 0.4) is 0 Å². The molecule has 0 aromatic carbocycles. The second-order valence-electron chi connectivity index (χ2n) is 7.68. The minimum absolute atomic E-state index is 0.0924. The summed E-state index contributed by atoms with van der Waals surface area (Å²) in [7, 11) is 0. The van der Waals surface area contributed by atoms with Gasteiger partial charge in [-0.15, -0.1) is 0 Å². The number of nitrogens with zero attached hydrogens (tertiary/aromatic N) is 3. The Balaban J connectivity index is 1.32. The molecule has 0 aliphatic carbocycles. The van der Waals surface area contributed by atoms with E-state index in [0.717, 1.165) is 51.0 Å². The molecule has 0 saturated carbocycles. The monoisotopic (exact) mass is 354 g/mol. The number of pyridine rings is 1. The Hall–Kier alpha value is -2.41. The molecule has 2 amide bonds. The van der Waals surface area contributed by atoms with Crippen LogP contribution in [0, 0.1) is 5.92 Å². The molecule has 3 atom stereocenters. The maximum absolute atomic E-state index is 12.6. The molecule has 2 bridgehead atoms. The van der Waals surface area contributed by atoms with Crippen LogP contribution in [-0.2, 0) is 0 Å². The SMILES string of the molecule is O=C(NC1CC2CCN(C2)C1)c1cc2oc(C(=O)N3CCC3)cc2cn1. The first-order valence-corrected chi connectivity index (χ1v) is 9.38. The highest BCUT2D eigenvalue weighted by Crippen LogP contribution is 2.27. The van der Waals surface area contributed by atoms with E-state index >= 15 is 0 Å². The van der Waals surface area contributed by atoms with Gasteiger partial charge in [0.25, 0.3) is 11.8 Å². The van der Waals surface area contributed by atoms with Crippen molar-refractivity contribution in [3.05, 3.63) is 29.8 Å². The van der Waals surface area contributed by atoms with E-state index in [-0.39, 0.29) is 17.9 Å². The molecule has 26 heavy (non-hydrogen) atoms. The first-order valence-electron chi connectivity index (χ1n) is 9.38. The average Bonchev–Trinajstić information content (AvgIpc) is 3.15. The summed E-state index contributed by atoms with van der Waals surface area (Å²) in [6.45, 7) is 4.78. The number of carbonyl (C=O) groups excluding carboxylic acids is 2. The Kier molecular flexibility index (Phi) is 3.70. The fraction of sp³-hybridized carbons (Fsp3) is 0.526. The Labute approximate surface area is 151 Å². The molecule has 0 spiro atoms. The van der Waals surface area contributed by atoms with E-state index in [0.29, 0.717) is 23.0 Å². The summed E-state index contributed by atoms with van der Waals surface area (Å²) in [6.07, 6.45) is 4.92. The van der Waals surface area contributed by atoms with Gasteiger partial charge >= 0.3 is 0 Å². The molecule has 3 saturated heterocycles. The topological polar surface area (TPSA) is 78.7 Å². The minimum Gasteiger partial charge on any atom is -0.451 e. The third kappa shape index (κ3) is 2.76. The number of carbonyl (C=O) groups is 2. The van der Waals surface area contributed by atoms with Crippen molar-refractivity contribution in [1.82, 2.24) is 20.1 Å². The van der Waals surface area contributed by atoms with Crippen LogP contribution in [0.5, 0.6) is 0 Å². The lowest BCUT2D eigenvalue weighted by Crippen LogP contribution is -2.47. The second-order valence-corrected chi connectivity index (χ2v) is 7.68. The van der Waals surface area contributed by atoms with Gasteiger partial charge in [-0.05, 0) is 37.8 Å². The van der Waals surface area contributed by atoms with Crippen molar-refractivity contribution in [1.29, 1.82) is 0 Å². The van der Waals surface area contributed by atoms with E-state index in [1.54, 1.807) is 23.2 Å². The normalized spacial score (nSPS) is 27.4. The summed E-state index contributed by atoms with van der Waals surface area (Å²) in [5, 5.41) is 3.85. The maximum Gasteiger partial charge on any atom is 0.289 e. The van der Waals surface area contributed by atoms with E-state index < -0.39 is 0 Å². The van der Waals surface area contributed by atoms with Crippen LogP contribution in [0.4, 0.5) is 0 Å². The number of likely N-dealkylation sites (tertiary alicyclic amines) is 1.